The van der Waals surface area contributed by atoms with Crippen molar-refractivity contribution in [2.75, 3.05) is 32.9 Å². The Bertz CT molecular complexity index is 274. The van der Waals surface area contributed by atoms with Gasteiger partial charge in [0.25, 0.3) is 0 Å². The van der Waals surface area contributed by atoms with Gasteiger partial charge in [-0.15, -0.1) is 0 Å². The third-order valence-electron chi connectivity index (χ3n) is 3.31. The monoisotopic (exact) mass is 269 g/mol. The molecule has 1 saturated carbocycles. The van der Waals surface area contributed by atoms with Crippen LogP contribution in [-0.2, 0) is 9.47 Å². The van der Waals surface area contributed by atoms with Crippen LogP contribution in [0, 0.1) is 0 Å². The van der Waals surface area contributed by atoms with E-state index in [0.29, 0.717) is 12.1 Å². The summed E-state index contributed by atoms with van der Waals surface area (Å²) in [5.41, 5.74) is 0. The van der Waals surface area contributed by atoms with E-state index in [1.54, 1.807) is 0 Å². The van der Waals surface area contributed by atoms with Gasteiger partial charge < -0.3 is 20.1 Å². The first-order valence-corrected chi connectivity index (χ1v) is 7.62. The highest BCUT2D eigenvalue weighted by molar-refractivity contribution is 5.80. The highest BCUT2D eigenvalue weighted by Gasteiger charge is 2.21. The largest absolute Gasteiger partial charge is 0.379 e. The smallest absolute Gasteiger partial charge is 0.191 e. The van der Waals surface area contributed by atoms with Gasteiger partial charge >= 0.3 is 0 Å². The first kappa shape index (κ1) is 14.6. The molecule has 2 N–H and O–H groups in total. The Morgan fingerprint density at radius 3 is 2.95 bits per heavy atom. The van der Waals surface area contributed by atoms with Gasteiger partial charge in [-0.05, 0) is 39.0 Å². The van der Waals surface area contributed by atoms with Crippen molar-refractivity contribution in [1.82, 2.24) is 10.6 Å². The van der Waals surface area contributed by atoms with Gasteiger partial charge in [0.15, 0.2) is 5.96 Å². The van der Waals surface area contributed by atoms with E-state index in [2.05, 4.69) is 22.5 Å². The minimum absolute atomic E-state index is 0.331. The van der Waals surface area contributed by atoms with Crippen molar-refractivity contribution in [2.24, 2.45) is 4.99 Å². The molecule has 0 aromatic heterocycles. The summed E-state index contributed by atoms with van der Waals surface area (Å²) in [6, 6.07) is 0.647. The van der Waals surface area contributed by atoms with Crippen LogP contribution in [0.5, 0.6) is 0 Å². The van der Waals surface area contributed by atoms with Crippen LogP contribution >= 0.6 is 0 Å². The lowest BCUT2D eigenvalue weighted by atomic mass is 10.2. The van der Waals surface area contributed by atoms with Crippen molar-refractivity contribution >= 4 is 5.96 Å². The number of aliphatic imine (C=N–C) groups is 1. The normalized spacial score (nSPS) is 23.6. The molecule has 0 aromatic rings. The number of rotatable bonds is 8. The molecule has 1 atom stereocenters. The van der Waals surface area contributed by atoms with Crippen LogP contribution in [-0.4, -0.2) is 51.0 Å². The van der Waals surface area contributed by atoms with Gasteiger partial charge in [0.05, 0.1) is 12.7 Å². The van der Waals surface area contributed by atoms with Crippen LogP contribution < -0.4 is 10.6 Å². The third-order valence-corrected chi connectivity index (χ3v) is 3.31. The molecule has 5 nitrogen and oxygen atoms in total. The van der Waals surface area contributed by atoms with E-state index >= 15 is 0 Å². The predicted octanol–water partition coefficient (Wildman–Crippen LogP) is 1.29. The number of nitrogens with one attached hydrogen (secondary N) is 2. The molecule has 0 amide bonds. The average Bonchev–Trinajstić information content (AvgIpc) is 3.06. The van der Waals surface area contributed by atoms with E-state index in [4.69, 9.17) is 9.47 Å². The number of hydrogen-bond acceptors (Lipinski definition) is 3. The van der Waals surface area contributed by atoms with Crippen LogP contribution in [0.25, 0.3) is 0 Å². The van der Waals surface area contributed by atoms with Crippen molar-refractivity contribution in [3.8, 4) is 0 Å². The maximum absolute atomic E-state index is 5.62. The molecule has 0 bridgehead atoms. The van der Waals surface area contributed by atoms with Crippen LogP contribution in [0.2, 0.25) is 0 Å². The van der Waals surface area contributed by atoms with Crippen molar-refractivity contribution in [3.05, 3.63) is 0 Å². The molecule has 0 radical (unpaired) electrons. The number of guanidine groups is 1. The van der Waals surface area contributed by atoms with E-state index in [0.717, 1.165) is 51.7 Å². The van der Waals surface area contributed by atoms with Gasteiger partial charge in [-0.25, -0.2) is 0 Å². The van der Waals surface area contributed by atoms with Crippen molar-refractivity contribution in [1.29, 1.82) is 0 Å². The zero-order chi connectivity index (χ0) is 13.3. The van der Waals surface area contributed by atoms with Crippen molar-refractivity contribution in [3.63, 3.8) is 0 Å². The Labute approximate surface area is 116 Å². The SMILES string of the molecule is CCNC(=NCCCOCC1CCCO1)NC1CC1. The molecule has 1 aliphatic heterocycles. The van der Waals surface area contributed by atoms with Gasteiger partial charge in [-0.1, -0.05) is 0 Å². The molecule has 0 spiro atoms. The molecule has 1 unspecified atom stereocenters. The van der Waals surface area contributed by atoms with Crippen LogP contribution in [0.15, 0.2) is 4.99 Å². The molecule has 1 aliphatic carbocycles. The zero-order valence-corrected chi connectivity index (χ0v) is 12.0. The van der Waals surface area contributed by atoms with Gasteiger partial charge in [0.2, 0.25) is 0 Å². The minimum atomic E-state index is 0.331. The zero-order valence-electron chi connectivity index (χ0n) is 12.0. The Morgan fingerprint density at radius 2 is 2.26 bits per heavy atom. The minimum Gasteiger partial charge on any atom is -0.379 e. The van der Waals surface area contributed by atoms with Crippen molar-refractivity contribution < 1.29 is 9.47 Å². The van der Waals surface area contributed by atoms with Gasteiger partial charge in [-0.2, -0.15) is 0 Å². The standard InChI is InChI=1S/C14H27N3O2/c1-2-15-14(17-12-6-7-12)16-8-4-9-18-11-13-5-3-10-19-13/h12-13H,2-11H2,1H3,(H2,15,16,17). The first-order valence-electron chi connectivity index (χ1n) is 7.62. The second-order valence-electron chi connectivity index (χ2n) is 5.24. The average molecular weight is 269 g/mol. The molecule has 0 aromatic carbocycles. The van der Waals surface area contributed by atoms with Gasteiger partial charge in [0.1, 0.15) is 0 Å². The number of ether oxygens (including phenoxy) is 2. The highest BCUT2D eigenvalue weighted by Crippen LogP contribution is 2.18. The summed E-state index contributed by atoms with van der Waals surface area (Å²) < 4.78 is 11.1. The van der Waals surface area contributed by atoms with E-state index in [1.165, 1.54) is 19.3 Å². The van der Waals surface area contributed by atoms with Gasteiger partial charge in [0, 0.05) is 32.3 Å². The fraction of sp³-hybridized carbons (Fsp3) is 0.929. The number of hydrogen-bond donors (Lipinski definition) is 2. The summed E-state index contributed by atoms with van der Waals surface area (Å²) in [7, 11) is 0. The summed E-state index contributed by atoms with van der Waals surface area (Å²) in [5.74, 6) is 0.948. The lowest BCUT2D eigenvalue weighted by Gasteiger charge is -2.11. The molecular weight excluding hydrogens is 242 g/mol. The quantitative estimate of drug-likeness (QED) is 0.396. The predicted molar refractivity (Wildman–Crippen MR) is 76.5 cm³/mol. The number of nitrogens with zero attached hydrogens (tertiary/aromatic N) is 1. The molecule has 5 heteroatoms. The molecular formula is C14H27N3O2. The molecule has 1 heterocycles. The molecule has 19 heavy (non-hydrogen) atoms. The van der Waals surface area contributed by atoms with Gasteiger partial charge in [-0.3, -0.25) is 4.99 Å². The second-order valence-corrected chi connectivity index (χ2v) is 5.24. The Morgan fingerprint density at radius 1 is 1.37 bits per heavy atom. The van der Waals surface area contributed by atoms with E-state index in [9.17, 15) is 0 Å². The molecule has 2 rings (SSSR count). The fourth-order valence-electron chi connectivity index (χ4n) is 2.09. The van der Waals surface area contributed by atoms with E-state index in [1.807, 2.05) is 0 Å². The first-order chi connectivity index (χ1) is 9.38. The maximum Gasteiger partial charge on any atom is 0.191 e. The van der Waals surface area contributed by atoms with Crippen LogP contribution in [0.3, 0.4) is 0 Å². The van der Waals surface area contributed by atoms with E-state index < -0.39 is 0 Å². The summed E-state index contributed by atoms with van der Waals surface area (Å²) >= 11 is 0. The van der Waals surface area contributed by atoms with Crippen LogP contribution in [0.1, 0.15) is 39.0 Å². The highest BCUT2D eigenvalue weighted by atomic mass is 16.5. The second kappa shape index (κ2) is 8.38. The Hall–Kier alpha value is -0.810. The molecule has 2 aliphatic rings. The molecule has 2 fully saturated rings. The lowest BCUT2D eigenvalue weighted by molar-refractivity contribution is 0.0171. The Kier molecular flexibility index (Phi) is 6.44. The lowest BCUT2D eigenvalue weighted by Crippen LogP contribution is -2.38. The topological polar surface area (TPSA) is 54.9 Å². The maximum atomic E-state index is 5.62. The third kappa shape index (κ3) is 6.25. The summed E-state index contributed by atoms with van der Waals surface area (Å²) in [6.45, 7) is 6.23. The fourth-order valence-corrected chi connectivity index (χ4v) is 2.09. The Balaban J connectivity index is 1.50. The van der Waals surface area contributed by atoms with Crippen molar-refractivity contribution in [2.45, 2.75) is 51.2 Å². The summed E-state index contributed by atoms with van der Waals surface area (Å²) in [5, 5.41) is 6.67. The summed E-state index contributed by atoms with van der Waals surface area (Å²) in [4.78, 5) is 4.55. The molecule has 1 saturated heterocycles. The summed E-state index contributed by atoms with van der Waals surface area (Å²) in [6.07, 6.45) is 6.17. The van der Waals surface area contributed by atoms with Crippen LogP contribution in [0.4, 0.5) is 0 Å². The molecule has 110 valence electrons. The van der Waals surface area contributed by atoms with E-state index in [-0.39, 0.29) is 0 Å².